The lowest BCUT2D eigenvalue weighted by Crippen LogP contribution is -2.40. The van der Waals surface area contributed by atoms with Gasteiger partial charge in [0.15, 0.2) is 0 Å². The van der Waals surface area contributed by atoms with Gasteiger partial charge in [-0.1, -0.05) is 24.3 Å². The van der Waals surface area contributed by atoms with Crippen molar-refractivity contribution in [3.8, 4) is 0 Å². The molecule has 7 nitrogen and oxygen atoms in total. The van der Waals surface area contributed by atoms with Crippen molar-refractivity contribution in [3.63, 3.8) is 0 Å². The van der Waals surface area contributed by atoms with Crippen LogP contribution in [0.1, 0.15) is 24.8 Å². The van der Waals surface area contributed by atoms with E-state index >= 15 is 0 Å². The molecule has 7 heteroatoms. The molecule has 28 heavy (non-hydrogen) atoms. The van der Waals surface area contributed by atoms with E-state index in [-0.39, 0.29) is 24.4 Å². The Morgan fingerprint density at radius 2 is 1.71 bits per heavy atom. The molecular weight excluding hydrogens is 356 g/mol. The minimum absolute atomic E-state index is 0.0196. The van der Waals surface area contributed by atoms with Crippen molar-refractivity contribution in [2.45, 2.75) is 26.2 Å². The summed E-state index contributed by atoms with van der Waals surface area (Å²) in [5.74, 6) is -0.227. The largest absolute Gasteiger partial charge is 0.333 e. The van der Waals surface area contributed by atoms with Gasteiger partial charge < -0.3 is 20.9 Å². The van der Waals surface area contributed by atoms with Gasteiger partial charge in [-0.15, -0.1) is 0 Å². The van der Waals surface area contributed by atoms with Crippen LogP contribution in [0.4, 0.5) is 21.9 Å². The summed E-state index contributed by atoms with van der Waals surface area (Å²) < 4.78 is 0. The third-order valence-electron chi connectivity index (χ3n) is 4.56. The zero-order valence-corrected chi connectivity index (χ0v) is 15.8. The molecule has 0 spiro atoms. The van der Waals surface area contributed by atoms with E-state index in [0.29, 0.717) is 30.0 Å². The third-order valence-corrected chi connectivity index (χ3v) is 4.56. The van der Waals surface area contributed by atoms with Gasteiger partial charge >= 0.3 is 6.03 Å². The van der Waals surface area contributed by atoms with E-state index in [2.05, 4.69) is 16.0 Å². The summed E-state index contributed by atoms with van der Waals surface area (Å²) in [6.07, 6.45) is 2.31. The molecule has 1 heterocycles. The minimum atomic E-state index is -0.369. The fraction of sp³-hybridized carbons (Fsp3) is 0.286. The van der Waals surface area contributed by atoms with E-state index in [1.54, 1.807) is 29.2 Å². The topological polar surface area (TPSA) is 90.5 Å². The van der Waals surface area contributed by atoms with Crippen molar-refractivity contribution >= 4 is 34.9 Å². The lowest BCUT2D eigenvalue weighted by Gasteiger charge is -2.26. The summed E-state index contributed by atoms with van der Waals surface area (Å²) in [5.41, 5.74) is 2.72. The summed E-state index contributed by atoms with van der Waals surface area (Å²) in [6, 6.07) is 14.1. The Kier molecular flexibility index (Phi) is 6.26. The molecule has 1 saturated heterocycles. The molecule has 146 valence electrons. The molecule has 4 amide bonds. The van der Waals surface area contributed by atoms with Crippen molar-refractivity contribution in [1.82, 2.24) is 4.90 Å². The quantitative estimate of drug-likeness (QED) is 0.740. The van der Waals surface area contributed by atoms with Gasteiger partial charge in [0, 0.05) is 30.0 Å². The summed E-state index contributed by atoms with van der Waals surface area (Å²) in [4.78, 5) is 37.9. The number of nitrogens with zero attached hydrogens (tertiary/aromatic N) is 1. The Morgan fingerprint density at radius 1 is 0.964 bits per heavy atom. The maximum Gasteiger partial charge on any atom is 0.323 e. The number of carbonyl (C=O) groups is 3. The van der Waals surface area contributed by atoms with E-state index in [1.807, 2.05) is 31.2 Å². The SMILES string of the molecule is Cc1ccc(NC(=O)Nc2ccccc2)cc1NC(=O)CN1CCCCC1=O. The van der Waals surface area contributed by atoms with E-state index in [0.717, 1.165) is 18.4 Å². The number of rotatable bonds is 5. The molecule has 0 bridgehead atoms. The number of nitrogens with one attached hydrogen (secondary N) is 3. The number of aryl methyl sites for hydroxylation is 1. The van der Waals surface area contributed by atoms with E-state index in [9.17, 15) is 14.4 Å². The van der Waals surface area contributed by atoms with Gasteiger partial charge in [-0.05, 0) is 49.6 Å². The van der Waals surface area contributed by atoms with Gasteiger partial charge in [0.2, 0.25) is 11.8 Å². The second kappa shape index (κ2) is 9.03. The molecule has 1 aliphatic rings. The standard InChI is InChI=1S/C21H24N4O3/c1-15-10-11-17(23-21(28)22-16-7-3-2-4-8-16)13-18(15)24-19(26)14-25-12-6-5-9-20(25)27/h2-4,7-8,10-11,13H,5-6,9,12,14H2,1H3,(H,24,26)(H2,22,23,28). The van der Waals surface area contributed by atoms with Crippen LogP contribution in [-0.2, 0) is 9.59 Å². The molecule has 1 aliphatic heterocycles. The number of anilines is 3. The molecule has 0 aromatic heterocycles. The van der Waals surface area contributed by atoms with Crippen molar-refractivity contribution in [1.29, 1.82) is 0 Å². The summed E-state index contributed by atoms with van der Waals surface area (Å²) in [6.45, 7) is 2.53. The fourth-order valence-corrected chi connectivity index (χ4v) is 3.04. The third kappa shape index (κ3) is 5.33. The normalized spacial score (nSPS) is 13.8. The first-order valence-electron chi connectivity index (χ1n) is 9.32. The monoisotopic (exact) mass is 380 g/mol. The maximum absolute atomic E-state index is 12.3. The zero-order valence-electron chi connectivity index (χ0n) is 15.8. The minimum Gasteiger partial charge on any atom is -0.333 e. The predicted octanol–water partition coefficient (Wildman–Crippen LogP) is 3.59. The summed E-state index contributed by atoms with van der Waals surface area (Å²) in [7, 11) is 0. The molecule has 2 aromatic rings. The molecule has 0 aliphatic carbocycles. The van der Waals surface area contributed by atoms with Crippen LogP contribution in [0.3, 0.4) is 0 Å². The molecule has 0 radical (unpaired) electrons. The Morgan fingerprint density at radius 3 is 2.46 bits per heavy atom. The number of benzene rings is 2. The van der Waals surface area contributed by atoms with Gasteiger partial charge in [0.1, 0.15) is 0 Å². The average Bonchev–Trinajstić information content (AvgIpc) is 2.67. The van der Waals surface area contributed by atoms with Gasteiger partial charge in [0.05, 0.1) is 6.54 Å². The highest BCUT2D eigenvalue weighted by Gasteiger charge is 2.20. The van der Waals surface area contributed by atoms with Crippen molar-refractivity contribution in [2.75, 3.05) is 29.0 Å². The van der Waals surface area contributed by atoms with E-state index < -0.39 is 0 Å². The van der Waals surface area contributed by atoms with Crippen LogP contribution in [-0.4, -0.2) is 35.8 Å². The number of hydrogen-bond donors (Lipinski definition) is 3. The van der Waals surface area contributed by atoms with Crippen LogP contribution in [0.5, 0.6) is 0 Å². The first-order chi connectivity index (χ1) is 13.5. The second-order valence-electron chi connectivity index (χ2n) is 6.80. The highest BCUT2D eigenvalue weighted by Crippen LogP contribution is 2.21. The first kappa shape index (κ1) is 19.4. The van der Waals surface area contributed by atoms with Crippen LogP contribution in [0, 0.1) is 6.92 Å². The number of para-hydroxylation sites is 1. The van der Waals surface area contributed by atoms with Gasteiger partial charge in [0.25, 0.3) is 0 Å². The Balaban J connectivity index is 1.60. The number of amides is 4. The van der Waals surface area contributed by atoms with Gasteiger partial charge in [-0.3, -0.25) is 9.59 Å². The Labute approximate surface area is 164 Å². The van der Waals surface area contributed by atoms with Gasteiger partial charge in [-0.25, -0.2) is 4.79 Å². The fourth-order valence-electron chi connectivity index (χ4n) is 3.04. The summed E-state index contributed by atoms with van der Waals surface area (Å²) in [5, 5.41) is 8.33. The maximum atomic E-state index is 12.3. The van der Waals surface area contributed by atoms with Crippen LogP contribution < -0.4 is 16.0 Å². The van der Waals surface area contributed by atoms with Crippen molar-refractivity contribution < 1.29 is 14.4 Å². The first-order valence-corrected chi connectivity index (χ1v) is 9.32. The van der Waals surface area contributed by atoms with Gasteiger partial charge in [-0.2, -0.15) is 0 Å². The predicted molar refractivity (Wildman–Crippen MR) is 109 cm³/mol. The lowest BCUT2D eigenvalue weighted by molar-refractivity contribution is -0.136. The summed E-state index contributed by atoms with van der Waals surface area (Å²) >= 11 is 0. The van der Waals surface area contributed by atoms with Crippen molar-refractivity contribution in [2.24, 2.45) is 0 Å². The number of urea groups is 1. The highest BCUT2D eigenvalue weighted by atomic mass is 16.2. The van der Waals surface area contributed by atoms with Crippen molar-refractivity contribution in [3.05, 3.63) is 54.1 Å². The number of carbonyl (C=O) groups excluding carboxylic acids is 3. The molecule has 0 saturated carbocycles. The molecule has 3 N–H and O–H groups in total. The van der Waals surface area contributed by atoms with Crippen LogP contribution in [0.15, 0.2) is 48.5 Å². The van der Waals surface area contributed by atoms with Crippen LogP contribution >= 0.6 is 0 Å². The van der Waals surface area contributed by atoms with E-state index in [1.165, 1.54) is 0 Å². The average molecular weight is 380 g/mol. The molecule has 0 unspecified atom stereocenters. The number of likely N-dealkylation sites (tertiary alicyclic amines) is 1. The molecular formula is C21H24N4O3. The molecule has 0 atom stereocenters. The number of hydrogen-bond acceptors (Lipinski definition) is 3. The smallest absolute Gasteiger partial charge is 0.323 e. The van der Waals surface area contributed by atoms with Crippen LogP contribution in [0.2, 0.25) is 0 Å². The lowest BCUT2D eigenvalue weighted by atomic mass is 10.1. The zero-order chi connectivity index (χ0) is 19.9. The Bertz CT molecular complexity index is 867. The highest BCUT2D eigenvalue weighted by molar-refractivity contribution is 6.01. The second-order valence-corrected chi connectivity index (χ2v) is 6.80. The Hall–Kier alpha value is -3.35. The number of piperidine rings is 1. The molecule has 3 rings (SSSR count). The molecule has 2 aromatic carbocycles. The van der Waals surface area contributed by atoms with E-state index in [4.69, 9.17) is 0 Å². The molecule has 1 fully saturated rings. The van der Waals surface area contributed by atoms with Crippen LogP contribution in [0.25, 0.3) is 0 Å².